The van der Waals surface area contributed by atoms with Crippen molar-refractivity contribution < 1.29 is 18.0 Å². The Balaban J connectivity index is 1.72. The van der Waals surface area contributed by atoms with Gasteiger partial charge in [0.2, 0.25) is 15.9 Å². The number of carbonyl (C=O) groups is 2. The number of hydrogen-bond donors (Lipinski definition) is 0. The molecule has 0 atom stereocenters. The monoisotopic (exact) mass is 468 g/mol. The maximum atomic E-state index is 13.1. The molecule has 1 heterocycles. The molecule has 1 saturated heterocycles. The molecule has 1 aliphatic rings. The van der Waals surface area contributed by atoms with E-state index in [1.165, 1.54) is 23.4 Å². The number of piperazine rings is 1. The van der Waals surface area contributed by atoms with Crippen LogP contribution in [0.5, 0.6) is 0 Å². The van der Waals surface area contributed by atoms with E-state index in [1.807, 2.05) is 19.1 Å². The molecule has 174 valence electrons. The van der Waals surface area contributed by atoms with Crippen molar-refractivity contribution >= 4 is 21.8 Å². The van der Waals surface area contributed by atoms with Gasteiger partial charge in [0.25, 0.3) is 5.91 Å². The first kappa shape index (κ1) is 24.4. The van der Waals surface area contributed by atoms with Crippen LogP contribution in [0.1, 0.15) is 41.8 Å². The summed E-state index contributed by atoms with van der Waals surface area (Å²) in [4.78, 5) is 28.1. The van der Waals surface area contributed by atoms with Gasteiger partial charge in [-0.3, -0.25) is 9.59 Å². The van der Waals surface area contributed by atoms with Gasteiger partial charge < -0.3 is 9.80 Å². The molecule has 0 saturated carbocycles. The van der Waals surface area contributed by atoms with Crippen molar-refractivity contribution in [1.82, 2.24) is 14.1 Å². The maximum absolute atomic E-state index is 13.1. The molecule has 1 fully saturated rings. The average Bonchev–Trinajstić information content (AvgIpc) is 2.84. The minimum Gasteiger partial charge on any atom is -0.340 e. The lowest BCUT2D eigenvalue weighted by Crippen LogP contribution is -2.49. The number of amides is 2. The molecule has 8 nitrogen and oxygen atoms in total. The molecule has 0 N–H and O–H groups in total. The lowest BCUT2D eigenvalue weighted by Gasteiger charge is -2.33. The SMILES string of the molecule is CCCN(Cc1ccc(C#N)cc1)C(=O)c1ccc(S(=O)(=O)N2CCN(C(C)=O)CC2)cc1. The molecule has 0 bridgehead atoms. The van der Waals surface area contributed by atoms with Crippen molar-refractivity contribution in [3.05, 3.63) is 65.2 Å². The van der Waals surface area contributed by atoms with E-state index < -0.39 is 10.0 Å². The molecular weight excluding hydrogens is 440 g/mol. The summed E-state index contributed by atoms with van der Waals surface area (Å²) < 4.78 is 27.3. The number of benzene rings is 2. The summed E-state index contributed by atoms with van der Waals surface area (Å²) in [5, 5.41) is 8.95. The summed E-state index contributed by atoms with van der Waals surface area (Å²) in [5.74, 6) is -0.243. The fraction of sp³-hybridized carbons (Fsp3) is 0.375. The normalized spacial score (nSPS) is 14.5. The average molecular weight is 469 g/mol. The fourth-order valence-corrected chi connectivity index (χ4v) is 5.19. The molecule has 0 spiro atoms. The summed E-state index contributed by atoms with van der Waals surface area (Å²) in [6.07, 6.45) is 0.778. The lowest BCUT2D eigenvalue weighted by atomic mass is 10.1. The number of nitrogens with zero attached hydrogens (tertiary/aromatic N) is 4. The van der Waals surface area contributed by atoms with Crippen LogP contribution in [0, 0.1) is 11.3 Å². The van der Waals surface area contributed by atoms with Gasteiger partial charge in [-0.15, -0.1) is 0 Å². The van der Waals surface area contributed by atoms with Gasteiger partial charge in [0.15, 0.2) is 0 Å². The molecule has 0 aromatic heterocycles. The van der Waals surface area contributed by atoms with Crippen LogP contribution in [-0.2, 0) is 21.4 Å². The lowest BCUT2D eigenvalue weighted by molar-refractivity contribution is -0.129. The zero-order valence-corrected chi connectivity index (χ0v) is 19.7. The Kier molecular flexibility index (Phi) is 7.84. The van der Waals surface area contributed by atoms with Crippen LogP contribution in [0.4, 0.5) is 0 Å². The molecule has 0 unspecified atom stereocenters. The van der Waals surface area contributed by atoms with Crippen LogP contribution in [0.3, 0.4) is 0 Å². The first-order valence-electron chi connectivity index (χ1n) is 10.9. The molecule has 0 aliphatic carbocycles. The Morgan fingerprint density at radius 2 is 1.61 bits per heavy atom. The van der Waals surface area contributed by atoms with E-state index >= 15 is 0 Å². The molecule has 33 heavy (non-hydrogen) atoms. The molecule has 2 aromatic carbocycles. The Bertz CT molecular complexity index is 1130. The van der Waals surface area contributed by atoms with Crippen LogP contribution < -0.4 is 0 Å². The highest BCUT2D eigenvalue weighted by Crippen LogP contribution is 2.20. The number of nitriles is 1. The fourth-order valence-electron chi connectivity index (χ4n) is 3.77. The van der Waals surface area contributed by atoms with Crippen LogP contribution in [-0.4, -0.2) is 67.1 Å². The summed E-state index contributed by atoms with van der Waals surface area (Å²) in [6, 6.07) is 15.2. The second-order valence-corrected chi connectivity index (χ2v) is 9.91. The molecule has 0 radical (unpaired) electrons. The summed E-state index contributed by atoms with van der Waals surface area (Å²) in [5.41, 5.74) is 1.89. The topological polar surface area (TPSA) is 102 Å². The van der Waals surface area contributed by atoms with E-state index in [0.29, 0.717) is 37.3 Å². The summed E-state index contributed by atoms with van der Waals surface area (Å²) >= 11 is 0. The number of hydrogen-bond acceptors (Lipinski definition) is 5. The Morgan fingerprint density at radius 3 is 2.12 bits per heavy atom. The van der Waals surface area contributed by atoms with Crippen LogP contribution >= 0.6 is 0 Å². The highest BCUT2D eigenvalue weighted by Gasteiger charge is 2.29. The van der Waals surface area contributed by atoms with Crippen LogP contribution in [0.25, 0.3) is 0 Å². The molecule has 2 amide bonds. The van der Waals surface area contributed by atoms with Crippen molar-refractivity contribution in [2.75, 3.05) is 32.7 Å². The van der Waals surface area contributed by atoms with E-state index in [4.69, 9.17) is 5.26 Å². The van der Waals surface area contributed by atoms with Crippen LogP contribution in [0.15, 0.2) is 53.4 Å². The van der Waals surface area contributed by atoms with Gasteiger partial charge in [-0.1, -0.05) is 19.1 Å². The second kappa shape index (κ2) is 10.6. The van der Waals surface area contributed by atoms with Gasteiger partial charge in [-0.2, -0.15) is 9.57 Å². The standard InChI is InChI=1S/C24H28N4O4S/c1-3-12-27(18-21-6-4-20(17-25)5-7-21)24(30)22-8-10-23(11-9-22)33(31,32)28-15-13-26(14-16-28)19(2)29/h4-11H,3,12-16,18H2,1-2H3. The van der Waals surface area contributed by atoms with E-state index in [9.17, 15) is 18.0 Å². The number of rotatable bonds is 7. The van der Waals surface area contributed by atoms with E-state index in [1.54, 1.807) is 34.1 Å². The highest BCUT2D eigenvalue weighted by molar-refractivity contribution is 7.89. The van der Waals surface area contributed by atoms with Gasteiger partial charge in [0.05, 0.1) is 16.5 Å². The van der Waals surface area contributed by atoms with Gasteiger partial charge >= 0.3 is 0 Å². The number of sulfonamides is 1. The minimum absolute atomic E-state index is 0.0625. The largest absolute Gasteiger partial charge is 0.340 e. The van der Waals surface area contributed by atoms with E-state index in [-0.39, 0.29) is 29.8 Å². The molecule has 1 aliphatic heterocycles. The van der Waals surface area contributed by atoms with Crippen molar-refractivity contribution in [1.29, 1.82) is 5.26 Å². The minimum atomic E-state index is -3.70. The third kappa shape index (κ3) is 5.78. The molecular formula is C24H28N4O4S. The third-order valence-electron chi connectivity index (χ3n) is 5.66. The Hall–Kier alpha value is -3.22. The first-order chi connectivity index (χ1) is 15.8. The summed E-state index contributed by atoms with van der Waals surface area (Å²) in [7, 11) is -3.70. The van der Waals surface area contributed by atoms with Gasteiger partial charge in [0.1, 0.15) is 0 Å². The van der Waals surface area contributed by atoms with Crippen molar-refractivity contribution in [3.8, 4) is 6.07 Å². The van der Waals surface area contributed by atoms with Crippen molar-refractivity contribution in [3.63, 3.8) is 0 Å². The Labute approximate surface area is 195 Å². The van der Waals surface area contributed by atoms with Gasteiger partial charge in [-0.25, -0.2) is 8.42 Å². The van der Waals surface area contributed by atoms with Crippen LogP contribution in [0.2, 0.25) is 0 Å². The number of carbonyl (C=O) groups excluding carboxylic acids is 2. The van der Waals surface area contributed by atoms with E-state index in [0.717, 1.165) is 12.0 Å². The predicted molar refractivity (Wildman–Crippen MR) is 124 cm³/mol. The molecule has 2 aromatic rings. The zero-order valence-electron chi connectivity index (χ0n) is 18.9. The van der Waals surface area contributed by atoms with Crippen molar-refractivity contribution in [2.24, 2.45) is 0 Å². The quantitative estimate of drug-likeness (QED) is 0.621. The predicted octanol–water partition coefficient (Wildman–Crippen LogP) is 2.46. The first-order valence-corrected chi connectivity index (χ1v) is 12.3. The van der Waals surface area contributed by atoms with Gasteiger partial charge in [-0.05, 0) is 48.4 Å². The van der Waals surface area contributed by atoms with Crippen molar-refractivity contribution in [2.45, 2.75) is 31.7 Å². The highest BCUT2D eigenvalue weighted by atomic mass is 32.2. The smallest absolute Gasteiger partial charge is 0.254 e. The van der Waals surface area contributed by atoms with Gasteiger partial charge in [0, 0.05) is 51.8 Å². The zero-order chi connectivity index (χ0) is 24.0. The molecule has 3 rings (SSSR count). The summed E-state index contributed by atoms with van der Waals surface area (Å²) in [6.45, 7) is 5.65. The Morgan fingerprint density at radius 1 is 1.00 bits per heavy atom. The maximum Gasteiger partial charge on any atom is 0.254 e. The molecule has 9 heteroatoms. The second-order valence-electron chi connectivity index (χ2n) is 7.97. The third-order valence-corrected chi connectivity index (χ3v) is 7.57. The van der Waals surface area contributed by atoms with E-state index in [2.05, 4.69) is 6.07 Å².